The van der Waals surface area contributed by atoms with Crippen LogP contribution in [0.2, 0.25) is 0 Å². The monoisotopic (exact) mass is 359 g/mol. The molecule has 2 unspecified atom stereocenters. The first-order valence-electron chi connectivity index (χ1n) is 7.96. The Kier molecular flexibility index (Phi) is 5.41. The van der Waals surface area contributed by atoms with Crippen molar-refractivity contribution in [3.63, 3.8) is 0 Å². The van der Waals surface area contributed by atoms with E-state index in [4.69, 9.17) is 5.11 Å². The van der Waals surface area contributed by atoms with Gasteiger partial charge in [0, 0.05) is 18.2 Å². The molecule has 2 atom stereocenters. The van der Waals surface area contributed by atoms with Crippen molar-refractivity contribution in [1.82, 2.24) is 4.90 Å². The molecule has 0 aromatic heterocycles. The van der Waals surface area contributed by atoms with Gasteiger partial charge in [-0.3, -0.25) is 9.59 Å². The summed E-state index contributed by atoms with van der Waals surface area (Å²) in [5.41, 5.74) is -3.21. The zero-order valence-electron chi connectivity index (χ0n) is 13.7. The van der Waals surface area contributed by atoms with Gasteiger partial charge < -0.3 is 15.1 Å². The molecule has 2 rings (SSSR count). The molecule has 1 amide bonds. The first-order valence-corrected chi connectivity index (χ1v) is 7.96. The van der Waals surface area contributed by atoms with E-state index >= 15 is 0 Å². The lowest BCUT2D eigenvalue weighted by atomic mass is 9.93. The molecule has 5 nitrogen and oxygen atoms in total. The van der Waals surface area contributed by atoms with Crippen LogP contribution in [-0.4, -0.2) is 45.8 Å². The molecule has 8 heteroatoms. The average molecular weight is 359 g/mol. The number of hydrogen-bond donors (Lipinski definition) is 2. The van der Waals surface area contributed by atoms with Crippen LogP contribution in [0.3, 0.4) is 0 Å². The van der Waals surface area contributed by atoms with Crippen LogP contribution < -0.4 is 0 Å². The first kappa shape index (κ1) is 19.2. The number of benzene rings is 1. The number of aliphatic hydroxyl groups is 1. The second-order valence-corrected chi connectivity index (χ2v) is 6.39. The number of aliphatic carboxylic acids is 1. The number of rotatable bonds is 4. The summed E-state index contributed by atoms with van der Waals surface area (Å²) < 4.78 is 38.6. The lowest BCUT2D eigenvalue weighted by Crippen LogP contribution is -2.44. The zero-order valence-corrected chi connectivity index (χ0v) is 13.7. The molecule has 1 saturated heterocycles. The van der Waals surface area contributed by atoms with Crippen LogP contribution in [0.25, 0.3) is 0 Å². The van der Waals surface area contributed by atoms with Gasteiger partial charge in [0.1, 0.15) is 0 Å². The van der Waals surface area contributed by atoms with Crippen molar-refractivity contribution in [3.8, 4) is 0 Å². The number of halogens is 3. The second kappa shape index (κ2) is 7.03. The quantitative estimate of drug-likeness (QED) is 0.867. The van der Waals surface area contributed by atoms with Gasteiger partial charge >= 0.3 is 12.1 Å². The van der Waals surface area contributed by atoms with E-state index in [0.29, 0.717) is 19.9 Å². The molecule has 0 aliphatic carbocycles. The highest BCUT2D eigenvalue weighted by atomic mass is 19.4. The van der Waals surface area contributed by atoms with Crippen LogP contribution in [0.1, 0.15) is 48.5 Å². The number of amides is 1. The van der Waals surface area contributed by atoms with Crippen molar-refractivity contribution in [2.75, 3.05) is 6.54 Å². The Balaban J connectivity index is 2.21. The van der Waals surface area contributed by atoms with Gasteiger partial charge in [0.2, 0.25) is 0 Å². The summed E-state index contributed by atoms with van der Waals surface area (Å²) in [5, 5.41) is 18.6. The van der Waals surface area contributed by atoms with E-state index in [-0.39, 0.29) is 17.5 Å². The normalized spacial score (nSPS) is 20.8. The lowest BCUT2D eigenvalue weighted by molar-refractivity contribution is -0.258. The summed E-state index contributed by atoms with van der Waals surface area (Å²) in [4.78, 5) is 25.0. The Hall–Kier alpha value is -2.09. The Morgan fingerprint density at radius 3 is 2.32 bits per heavy atom. The Labute approximate surface area is 143 Å². The molecule has 0 radical (unpaired) electrons. The second-order valence-electron chi connectivity index (χ2n) is 6.39. The Morgan fingerprint density at radius 1 is 1.20 bits per heavy atom. The number of carbonyl (C=O) groups excluding carboxylic acids is 1. The summed E-state index contributed by atoms with van der Waals surface area (Å²) in [6, 6.07) is 4.17. The molecule has 0 saturated carbocycles. The molecular formula is C17H20F3NO4. The molecule has 1 aliphatic heterocycles. The predicted octanol–water partition coefficient (Wildman–Crippen LogP) is 2.93. The van der Waals surface area contributed by atoms with Gasteiger partial charge in [0.05, 0.1) is 6.42 Å². The molecule has 138 valence electrons. The highest BCUT2D eigenvalue weighted by Gasteiger charge is 2.51. The number of carboxylic acid groups (broad SMARTS) is 1. The van der Waals surface area contributed by atoms with Gasteiger partial charge in [-0.15, -0.1) is 0 Å². The standard InChI is InChI=1S/C17H20F3NO4/c1-16(25,17(18,19)20)12-7-5-11(6-8-12)15(24)21-9-3-2-4-13(21)10-14(22)23/h5-8,13,25H,2-4,9-10H2,1H3,(H,22,23). The van der Waals surface area contributed by atoms with Gasteiger partial charge in [-0.05, 0) is 43.9 Å². The van der Waals surface area contributed by atoms with Crippen LogP contribution >= 0.6 is 0 Å². The lowest BCUT2D eigenvalue weighted by Gasteiger charge is -2.35. The minimum absolute atomic E-state index is 0.160. The van der Waals surface area contributed by atoms with Crippen molar-refractivity contribution in [2.24, 2.45) is 0 Å². The summed E-state index contributed by atoms with van der Waals surface area (Å²) in [6.45, 7) is 1.07. The predicted molar refractivity (Wildman–Crippen MR) is 83.0 cm³/mol. The van der Waals surface area contributed by atoms with Crippen LogP contribution in [0.15, 0.2) is 24.3 Å². The Morgan fingerprint density at radius 2 is 1.80 bits per heavy atom. The van der Waals surface area contributed by atoms with Gasteiger partial charge in [-0.25, -0.2) is 0 Å². The highest BCUT2D eigenvalue weighted by Crippen LogP contribution is 2.38. The summed E-state index contributed by atoms with van der Waals surface area (Å²) in [5.74, 6) is -1.41. The van der Waals surface area contributed by atoms with Gasteiger partial charge in [0.25, 0.3) is 5.91 Å². The molecule has 0 spiro atoms. The molecule has 2 N–H and O–H groups in total. The molecule has 1 aliphatic rings. The topological polar surface area (TPSA) is 77.8 Å². The summed E-state index contributed by atoms with van der Waals surface area (Å²) >= 11 is 0. The van der Waals surface area contributed by atoms with E-state index in [1.807, 2.05) is 0 Å². The van der Waals surface area contributed by atoms with Crippen molar-refractivity contribution in [2.45, 2.75) is 50.4 Å². The molecule has 1 fully saturated rings. The highest BCUT2D eigenvalue weighted by molar-refractivity contribution is 5.94. The van der Waals surface area contributed by atoms with E-state index < -0.39 is 29.7 Å². The van der Waals surface area contributed by atoms with Crippen LogP contribution in [0.5, 0.6) is 0 Å². The third kappa shape index (κ3) is 4.12. The number of carbonyl (C=O) groups is 2. The number of hydrogen-bond acceptors (Lipinski definition) is 3. The molecule has 1 heterocycles. The summed E-state index contributed by atoms with van der Waals surface area (Å²) in [6.07, 6.45) is -2.83. The molecule has 1 aromatic carbocycles. The van der Waals surface area contributed by atoms with E-state index in [2.05, 4.69) is 0 Å². The maximum Gasteiger partial charge on any atom is 0.421 e. The number of alkyl halides is 3. The number of likely N-dealkylation sites (tertiary alicyclic amines) is 1. The van der Waals surface area contributed by atoms with Crippen LogP contribution in [0.4, 0.5) is 13.2 Å². The average Bonchev–Trinajstić information content (AvgIpc) is 2.53. The smallest absolute Gasteiger partial charge is 0.421 e. The number of nitrogens with zero attached hydrogens (tertiary/aromatic N) is 1. The minimum Gasteiger partial charge on any atom is -0.481 e. The van der Waals surface area contributed by atoms with E-state index in [1.165, 1.54) is 17.0 Å². The first-order chi connectivity index (χ1) is 11.5. The third-order valence-corrected chi connectivity index (χ3v) is 4.54. The van der Waals surface area contributed by atoms with Crippen molar-refractivity contribution < 1.29 is 33.0 Å². The summed E-state index contributed by atoms with van der Waals surface area (Å²) in [7, 11) is 0. The zero-order chi connectivity index (χ0) is 18.8. The molecule has 25 heavy (non-hydrogen) atoms. The fourth-order valence-corrected chi connectivity index (χ4v) is 2.95. The minimum atomic E-state index is -4.84. The number of carboxylic acids is 1. The van der Waals surface area contributed by atoms with Crippen molar-refractivity contribution >= 4 is 11.9 Å². The van der Waals surface area contributed by atoms with Crippen molar-refractivity contribution in [1.29, 1.82) is 0 Å². The molecule has 0 bridgehead atoms. The molecular weight excluding hydrogens is 339 g/mol. The van der Waals surface area contributed by atoms with Gasteiger partial charge in [-0.1, -0.05) is 12.1 Å². The largest absolute Gasteiger partial charge is 0.481 e. The van der Waals surface area contributed by atoms with E-state index in [9.17, 15) is 27.9 Å². The third-order valence-electron chi connectivity index (χ3n) is 4.54. The van der Waals surface area contributed by atoms with Crippen LogP contribution in [0, 0.1) is 0 Å². The van der Waals surface area contributed by atoms with Gasteiger partial charge in [0.15, 0.2) is 5.60 Å². The molecule has 1 aromatic rings. The fraction of sp³-hybridized carbons (Fsp3) is 0.529. The Bertz CT molecular complexity index is 640. The van der Waals surface area contributed by atoms with Crippen molar-refractivity contribution in [3.05, 3.63) is 35.4 Å². The van der Waals surface area contributed by atoms with Crippen LogP contribution in [-0.2, 0) is 10.4 Å². The fourth-order valence-electron chi connectivity index (χ4n) is 2.95. The van der Waals surface area contributed by atoms with E-state index in [1.54, 1.807) is 0 Å². The number of piperidine rings is 1. The maximum atomic E-state index is 12.9. The van der Waals surface area contributed by atoms with Gasteiger partial charge in [-0.2, -0.15) is 13.2 Å². The SMILES string of the molecule is CC(O)(c1ccc(C(=O)N2CCCCC2CC(=O)O)cc1)C(F)(F)F. The van der Waals surface area contributed by atoms with E-state index in [0.717, 1.165) is 25.0 Å². The maximum absolute atomic E-state index is 12.9.